The molecule has 1 saturated heterocycles. The van der Waals surface area contributed by atoms with Crippen molar-refractivity contribution in [3.8, 4) is 0 Å². The number of benzene rings is 1. The lowest BCUT2D eigenvalue weighted by molar-refractivity contribution is -0.130. The van der Waals surface area contributed by atoms with Crippen LogP contribution >= 0.6 is 0 Å². The van der Waals surface area contributed by atoms with E-state index in [0.717, 1.165) is 29.7 Å². The van der Waals surface area contributed by atoms with Crippen molar-refractivity contribution >= 4 is 16.9 Å². The van der Waals surface area contributed by atoms with E-state index in [1.165, 1.54) is 0 Å². The van der Waals surface area contributed by atoms with Crippen molar-refractivity contribution in [1.82, 2.24) is 14.9 Å². The molecule has 6 heteroatoms. The molecule has 3 rings (SSSR count). The molecule has 0 radical (unpaired) electrons. The summed E-state index contributed by atoms with van der Waals surface area (Å²) in [4.78, 5) is 17.0. The van der Waals surface area contributed by atoms with Crippen LogP contribution in [0.5, 0.6) is 0 Å². The average molecular weight is 317 g/mol. The molecule has 2 aromatic rings. The summed E-state index contributed by atoms with van der Waals surface area (Å²) >= 11 is 0. The highest BCUT2D eigenvalue weighted by atomic mass is 16.5. The largest absolute Gasteiger partial charge is 0.383 e. The van der Waals surface area contributed by atoms with Crippen LogP contribution in [0.15, 0.2) is 24.3 Å². The van der Waals surface area contributed by atoms with E-state index in [1.807, 2.05) is 31.2 Å². The SMILES string of the molecule is COCCn1c(C(C)NC(=O)C2CCCO2)nc2ccccc21. The molecule has 0 aliphatic carbocycles. The van der Waals surface area contributed by atoms with Crippen LogP contribution in [0.25, 0.3) is 11.0 Å². The summed E-state index contributed by atoms with van der Waals surface area (Å²) in [6, 6.07) is 7.80. The number of methoxy groups -OCH3 is 1. The smallest absolute Gasteiger partial charge is 0.249 e. The minimum atomic E-state index is -0.325. The zero-order chi connectivity index (χ0) is 16.2. The molecule has 1 N–H and O–H groups in total. The lowest BCUT2D eigenvalue weighted by Gasteiger charge is -2.18. The van der Waals surface area contributed by atoms with Gasteiger partial charge in [-0.2, -0.15) is 0 Å². The van der Waals surface area contributed by atoms with Gasteiger partial charge in [-0.25, -0.2) is 4.98 Å². The fourth-order valence-corrected chi connectivity index (χ4v) is 3.00. The van der Waals surface area contributed by atoms with Gasteiger partial charge in [0.2, 0.25) is 5.91 Å². The van der Waals surface area contributed by atoms with Gasteiger partial charge >= 0.3 is 0 Å². The standard InChI is InChI=1S/C17H23N3O3/c1-12(18-17(21)15-8-5-10-23-15)16-19-13-6-3-4-7-14(13)20(16)9-11-22-2/h3-4,6-7,12,15H,5,8-11H2,1-2H3,(H,18,21). The minimum absolute atomic E-state index is 0.0552. The first-order valence-electron chi connectivity index (χ1n) is 8.07. The van der Waals surface area contributed by atoms with Crippen LogP contribution in [0.4, 0.5) is 0 Å². The molecular formula is C17H23N3O3. The Labute approximate surface area is 135 Å². The van der Waals surface area contributed by atoms with E-state index < -0.39 is 0 Å². The van der Waals surface area contributed by atoms with Crippen molar-refractivity contribution in [2.75, 3.05) is 20.3 Å². The summed E-state index contributed by atoms with van der Waals surface area (Å²) in [5.74, 6) is 0.787. The third-order valence-electron chi connectivity index (χ3n) is 4.17. The van der Waals surface area contributed by atoms with Crippen LogP contribution < -0.4 is 5.32 Å². The number of aromatic nitrogens is 2. The Hall–Kier alpha value is -1.92. The first-order valence-corrected chi connectivity index (χ1v) is 8.07. The Kier molecular flexibility index (Phi) is 4.93. The minimum Gasteiger partial charge on any atom is -0.383 e. The Morgan fingerprint density at radius 1 is 1.52 bits per heavy atom. The second-order valence-corrected chi connectivity index (χ2v) is 5.84. The molecule has 0 spiro atoms. The van der Waals surface area contributed by atoms with Gasteiger partial charge in [0.05, 0.1) is 23.7 Å². The summed E-state index contributed by atoms with van der Waals surface area (Å²) in [5, 5.41) is 3.03. The van der Waals surface area contributed by atoms with Crippen LogP contribution in [0.2, 0.25) is 0 Å². The Morgan fingerprint density at radius 2 is 2.35 bits per heavy atom. The number of carbonyl (C=O) groups excluding carboxylic acids is 1. The van der Waals surface area contributed by atoms with Crippen molar-refractivity contribution in [3.05, 3.63) is 30.1 Å². The Morgan fingerprint density at radius 3 is 3.09 bits per heavy atom. The number of hydrogen-bond acceptors (Lipinski definition) is 4. The first kappa shape index (κ1) is 16.0. The molecule has 2 heterocycles. The van der Waals surface area contributed by atoms with E-state index in [-0.39, 0.29) is 18.1 Å². The highest BCUT2D eigenvalue weighted by molar-refractivity contribution is 5.81. The fraction of sp³-hybridized carbons (Fsp3) is 0.529. The summed E-state index contributed by atoms with van der Waals surface area (Å²) in [5.41, 5.74) is 1.98. The molecule has 124 valence electrons. The Bertz CT molecular complexity index is 677. The molecule has 23 heavy (non-hydrogen) atoms. The molecule has 1 amide bonds. The zero-order valence-corrected chi connectivity index (χ0v) is 13.6. The van der Waals surface area contributed by atoms with E-state index in [2.05, 4.69) is 9.88 Å². The van der Waals surface area contributed by atoms with Crippen molar-refractivity contribution < 1.29 is 14.3 Å². The van der Waals surface area contributed by atoms with Crippen LogP contribution in [0, 0.1) is 0 Å². The van der Waals surface area contributed by atoms with Gasteiger partial charge in [0.15, 0.2) is 0 Å². The molecule has 2 unspecified atom stereocenters. The third kappa shape index (κ3) is 3.38. The predicted molar refractivity (Wildman–Crippen MR) is 87.1 cm³/mol. The molecule has 6 nitrogen and oxygen atoms in total. The van der Waals surface area contributed by atoms with E-state index >= 15 is 0 Å². The molecule has 0 saturated carbocycles. The quantitative estimate of drug-likeness (QED) is 0.885. The molecule has 1 aromatic heterocycles. The topological polar surface area (TPSA) is 65.4 Å². The van der Waals surface area contributed by atoms with E-state index in [1.54, 1.807) is 7.11 Å². The molecule has 0 bridgehead atoms. The van der Waals surface area contributed by atoms with Gasteiger partial charge in [0.25, 0.3) is 0 Å². The maximum atomic E-state index is 12.3. The summed E-state index contributed by atoms with van der Waals surface area (Å²) in [6.07, 6.45) is 1.41. The van der Waals surface area contributed by atoms with Crippen LogP contribution in [-0.2, 0) is 20.8 Å². The predicted octanol–water partition coefficient (Wildman–Crippen LogP) is 2.04. The van der Waals surface area contributed by atoms with Gasteiger partial charge in [-0.3, -0.25) is 4.79 Å². The maximum absolute atomic E-state index is 12.3. The van der Waals surface area contributed by atoms with Crippen molar-refractivity contribution in [2.24, 2.45) is 0 Å². The second kappa shape index (κ2) is 7.10. The summed E-state index contributed by atoms with van der Waals surface area (Å²) < 4.78 is 12.8. The Balaban J connectivity index is 1.83. The number of amides is 1. The maximum Gasteiger partial charge on any atom is 0.249 e. The number of fused-ring (bicyclic) bond motifs is 1. The lowest BCUT2D eigenvalue weighted by atomic mass is 10.2. The second-order valence-electron chi connectivity index (χ2n) is 5.84. The fourth-order valence-electron chi connectivity index (χ4n) is 3.00. The number of carbonyl (C=O) groups is 1. The molecule has 1 fully saturated rings. The van der Waals surface area contributed by atoms with Crippen molar-refractivity contribution in [1.29, 1.82) is 0 Å². The van der Waals surface area contributed by atoms with Gasteiger partial charge in [-0.05, 0) is 31.9 Å². The van der Waals surface area contributed by atoms with Crippen LogP contribution in [-0.4, -0.2) is 41.9 Å². The monoisotopic (exact) mass is 317 g/mol. The highest BCUT2D eigenvalue weighted by Gasteiger charge is 2.26. The summed E-state index contributed by atoms with van der Waals surface area (Å²) in [7, 11) is 1.68. The molecule has 1 aliphatic rings. The number of para-hydroxylation sites is 2. The van der Waals surface area contributed by atoms with Crippen LogP contribution in [0.1, 0.15) is 31.6 Å². The third-order valence-corrected chi connectivity index (χ3v) is 4.17. The molecule has 2 atom stereocenters. The van der Waals surface area contributed by atoms with Gasteiger partial charge in [-0.15, -0.1) is 0 Å². The number of hydrogen-bond donors (Lipinski definition) is 1. The van der Waals surface area contributed by atoms with Gasteiger partial charge in [0.1, 0.15) is 11.9 Å². The van der Waals surface area contributed by atoms with Gasteiger partial charge in [0, 0.05) is 20.3 Å². The number of nitrogens with one attached hydrogen (secondary N) is 1. The number of ether oxygens (including phenoxy) is 2. The molecular weight excluding hydrogens is 294 g/mol. The number of rotatable bonds is 6. The lowest BCUT2D eigenvalue weighted by Crippen LogP contribution is -2.36. The highest BCUT2D eigenvalue weighted by Crippen LogP contribution is 2.21. The zero-order valence-electron chi connectivity index (χ0n) is 13.6. The number of imidazole rings is 1. The van der Waals surface area contributed by atoms with E-state index in [9.17, 15) is 4.79 Å². The average Bonchev–Trinajstić information content (AvgIpc) is 3.20. The van der Waals surface area contributed by atoms with E-state index in [0.29, 0.717) is 19.8 Å². The molecule has 1 aliphatic heterocycles. The van der Waals surface area contributed by atoms with Crippen molar-refractivity contribution in [3.63, 3.8) is 0 Å². The van der Waals surface area contributed by atoms with E-state index in [4.69, 9.17) is 14.5 Å². The van der Waals surface area contributed by atoms with Crippen LogP contribution in [0.3, 0.4) is 0 Å². The summed E-state index contributed by atoms with van der Waals surface area (Å²) in [6.45, 7) is 3.92. The van der Waals surface area contributed by atoms with Gasteiger partial charge < -0.3 is 19.4 Å². The van der Waals surface area contributed by atoms with Crippen molar-refractivity contribution in [2.45, 2.75) is 38.5 Å². The normalized spacial score (nSPS) is 19.1. The number of nitrogens with zero attached hydrogens (tertiary/aromatic N) is 2. The van der Waals surface area contributed by atoms with Gasteiger partial charge in [-0.1, -0.05) is 12.1 Å². The molecule has 1 aromatic carbocycles. The first-order chi connectivity index (χ1) is 11.2.